The lowest BCUT2D eigenvalue weighted by Crippen LogP contribution is -2.60. The predicted octanol–water partition coefficient (Wildman–Crippen LogP) is 11.4. The van der Waals surface area contributed by atoms with Gasteiger partial charge in [-0.15, -0.1) is 0 Å². The van der Waals surface area contributed by atoms with Crippen LogP contribution in [0.5, 0.6) is 0 Å². The minimum Gasteiger partial charge on any atom is -0.394 e. The van der Waals surface area contributed by atoms with Crippen molar-refractivity contribution in [2.24, 2.45) is 0 Å². The van der Waals surface area contributed by atoms with Crippen LogP contribution in [0.4, 0.5) is 0 Å². The van der Waals surface area contributed by atoms with E-state index >= 15 is 0 Å². The molecule has 0 aliphatic carbocycles. The molecule has 7 atom stereocenters. The second-order valence-electron chi connectivity index (χ2n) is 16.9. The average Bonchev–Trinajstić information content (AvgIpc) is 3.29. The van der Waals surface area contributed by atoms with Gasteiger partial charge in [-0.1, -0.05) is 194 Å². The van der Waals surface area contributed by atoms with Gasteiger partial charge in [0.05, 0.1) is 25.4 Å². The molecule has 7 unspecified atom stereocenters. The third-order valence-electron chi connectivity index (χ3n) is 11.1. The van der Waals surface area contributed by atoms with Gasteiger partial charge < -0.3 is 40.3 Å². The van der Waals surface area contributed by atoms with Crippen molar-refractivity contribution >= 4 is 5.91 Å². The third kappa shape index (κ3) is 33.3. The van der Waals surface area contributed by atoms with Crippen molar-refractivity contribution in [2.75, 3.05) is 13.2 Å². The largest absolute Gasteiger partial charge is 0.394 e. The summed E-state index contributed by atoms with van der Waals surface area (Å²) in [6.07, 6.45) is 57.0. The van der Waals surface area contributed by atoms with Gasteiger partial charge in [-0.25, -0.2) is 0 Å². The van der Waals surface area contributed by atoms with Crippen LogP contribution in [0, 0.1) is 0 Å². The molecule has 6 N–H and O–H groups in total. The molecule has 1 amide bonds. The van der Waals surface area contributed by atoms with E-state index in [2.05, 4.69) is 116 Å². The monoisotopic (exact) mass is 894 g/mol. The summed E-state index contributed by atoms with van der Waals surface area (Å²) in [5.74, 6) is -0.208. The predicted molar refractivity (Wildman–Crippen MR) is 267 cm³/mol. The molecule has 0 aromatic rings. The number of carbonyl (C=O) groups is 1. The molecule has 1 aliphatic rings. The van der Waals surface area contributed by atoms with Gasteiger partial charge in [-0.05, 0) is 83.5 Å². The molecule has 0 bridgehead atoms. The molecule has 0 aromatic heterocycles. The van der Waals surface area contributed by atoms with Gasteiger partial charge in [0.1, 0.15) is 24.4 Å². The van der Waals surface area contributed by atoms with Gasteiger partial charge in [0.15, 0.2) is 6.29 Å². The first-order valence-corrected chi connectivity index (χ1v) is 25.1. The summed E-state index contributed by atoms with van der Waals surface area (Å²) in [6, 6.07) is -0.825. The fourth-order valence-corrected chi connectivity index (χ4v) is 7.11. The van der Waals surface area contributed by atoms with E-state index in [1.54, 1.807) is 6.08 Å². The number of unbranched alkanes of at least 4 members (excludes halogenated alkanes) is 14. The Labute approximate surface area is 389 Å². The maximum Gasteiger partial charge on any atom is 0.220 e. The molecular formula is C55H91NO8. The molecule has 9 nitrogen and oxygen atoms in total. The van der Waals surface area contributed by atoms with Crippen molar-refractivity contribution in [1.82, 2.24) is 5.32 Å². The molecular weight excluding hydrogens is 803 g/mol. The van der Waals surface area contributed by atoms with Crippen molar-refractivity contribution in [3.05, 3.63) is 109 Å². The van der Waals surface area contributed by atoms with Crippen LogP contribution in [-0.4, -0.2) is 87.5 Å². The first kappa shape index (κ1) is 58.9. The lowest BCUT2D eigenvalue weighted by Gasteiger charge is -2.40. The minimum absolute atomic E-state index is 0.206. The number of nitrogens with one attached hydrogen (secondary N) is 1. The summed E-state index contributed by atoms with van der Waals surface area (Å²) in [4.78, 5) is 13.0. The number of aliphatic hydroxyl groups is 5. The number of amides is 1. The first-order chi connectivity index (χ1) is 31.3. The molecule has 1 aliphatic heterocycles. The van der Waals surface area contributed by atoms with Crippen LogP contribution in [0.3, 0.4) is 0 Å². The number of aliphatic hydroxyl groups excluding tert-OH is 5. The second kappa shape index (κ2) is 43.7. The van der Waals surface area contributed by atoms with E-state index in [1.807, 2.05) is 6.08 Å². The van der Waals surface area contributed by atoms with Gasteiger partial charge in [0.25, 0.3) is 0 Å². The molecule has 0 radical (unpaired) electrons. The topological polar surface area (TPSA) is 149 Å². The van der Waals surface area contributed by atoms with Crippen LogP contribution >= 0.6 is 0 Å². The van der Waals surface area contributed by atoms with E-state index in [1.165, 1.54) is 51.4 Å². The highest BCUT2D eigenvalue weighted by Crippen LogP contribution is 2.22. The first-order valence-electron chi connectivity index (χ1n) is 25.1. The van der Waals surface area contributed by atoms with Crippen LogP contribution in [0.1, 0.15) is 174 Å². The average molecular weight is 894 g/mol. The van der Waals surface area contributed by atoms with E-state index in [-0.39, 0.29) is 12.5 Å². The maximum absolute atomic E-state index is 13.0. The van der Waals surface area contributed by atoms with Crippen LogP contribution < -0.4 is 5.32 Å². The highest BCUT2D eigenvalue weighted by atomic mass is 16.7. The number of carbonyl (C=O) groups excluding carboxylic acids is 1. The van der Waals surface area contributed by atoms with E-state index in [0.29, 0.717) is 6.42 Å². The molecule has 1 heterocycles. The minimum atomic E-state index is -1.58. The Kier molecular flexibility index (Phi) is 40.2. The molecule has 1 saturated heterocycles. The number of allylic oxidation sites excluding steroid dienone is 17. The molecule has 1 rings (SSSR count). The van der Waals surface area contributed by atoms with Gasteiger partial charge in [0, 0.05) is 6.42 Å². The van der Waals surface area contributed by atoms with Crippen LogP contribution in [0.15, 0.2) is 109 Å². The van der Waals surface area contributed by atoms with E-state index in [9.17, 15) is 30.3 Å². The summed E-state index contributed by atoms with van der Waals surface area (Å²) in [6.45, 7) is 3.61. The summed E-state index contributed by atoms with van der Waals surface area (Å²) in [5, 5.41) is 54.2. The number of hydrogen-bond donors (Lipinski definition) is 6. The smallest absolute Gasteiger partial charge is 0.220 e. The molecule has 0 aromatic carbocycles. The van der Waals surface area contributed by atoms with Crippen LogP contribution in [0.2, 0.25) is 0 Å². The summed E-state index contributed by atoms with van der Waals surface area (Å²) < 4.78 is 11.2. The second-order valence-corrected chi connectivity index (χ2v) is 16.9. The zero-order valence-corrected chi connectivity index (χ0v) is 40.0. The summed E-state index contributed by atoms with van der Waals surface area (Å²) in [7, 11) is 0. The van der Waals surface area contributed by atoms with Gasteiger partial charge in [0.2, 0.25) is 5.91 Å². The fourth-order valence-electron chi connectivity index (χ4n) is 7.11. The molecule has 0 saturated carbocycles. The highest BCUT2D eigenvalue weighted by Gasteiger charge is 2.44. The SMILES string of the molecule is CC/C=C\C/C=C\C/C=C\C/C=C\C/C=C\C/C=C\C/C=C\C/C=C\CCCCCCC(=O)NC(COC1OC(CO)C(O)C(O)C1O)C(O)/C=C/CCCCCCCCCCCC. The van der Waals surface area contributed by atoms with Crippen molar-refractivity contribution in [2.45, 2.75) is 217 Å². The van der Waals surface area contributed by atoms with Gasteiger partial charge in [-0.2, -0.15) is 0 Å². The summed E-state index contributed by atoms with van der Waals surface area (Å²) >= 11 is 0. The van der Waals surface area contributed by atoms with Gasteiger partial charge in [-0.3, -0.25) is 4.79 Å². The molecule has 64 heavy (non-hydrogen) atoms. The lowest BCUT2D eigenvalue weighted by molar-refractivity contribution is -0.302. The quantitative estimate of drug-likeness (QED) is 0.0263. The fraction of sp³-hybridized carbons (Fsp3) is 0.655. The Morgan fingerprint density at radius 1 is 0.547 bits per heavy atom. The molecule has 9 heteroatoms. The Morgan fingerprint density at radius 2 is 0.969 bits per heavy atom. The molecule has 1 fully saturated rings. The maximum atomic E-state index is 13.0. The van der Waals surface area contributed by atoms with E-state index in [4.69, 9.17) is 9.47 Å². The highest BCUT2D eigenvalue weighted by molar-refractivity contribution is 5.76. The zero-order chi connectivity index (χ0) is 46.6. The van der Waals surface area contributed by atoms with E-state index in [0.717, 1.165) is 103 Å². The normalized spacial score (nSPS) is 21.0. The van der Waals surface area contributed by atoms with Crippen molar-refractivity contribution in [3.63, 3.8) is 0 Å². The van der Waals surface area contributed by atoms with Crippen molar-refractivity contribution in [1.29, 1.82) is 0 Å². The standard InChI is InChI=1S/C55H91NO8/c1-3-5-7-9-11-13-15-17-18-19-20-21-22-23-24-25-26-27-28-29-30-31-32-33-35-37-39-41-43-45-51(59)56-48(47-63-55-54(62)53(61)52(60)50(46-57)64-55)49(58)44-42-40-38-36-34-16-14-12-10-8-6-4-2/h5,7,11,13,17-18,20-21,23-24,26-27,29-30,32-33,42,44,48-50,52-55,57-58,60-62H,3-4,6,8-10,12,14-16,19,22,25,28,31,34-41,43,45-47H2,1-2H3,(H,56,59)/b7-5-,13-11-,18-17-,21-20-,24-23-,27-26-,30-29-,33-32-,44-42+. The third-order valence-corrected chi connectivity index (χ3v) is 11.1. The Bertz CT molecular complexity index is 1360. The Morgan fingerprint density at radius 3 is 1.44 bits per heavy atom. The van der Waals surface area contributed by atoms with Crippen LogP contribution in [0.25, 0.3) is 0 Å². The summed E-state index contributed by atoms with van der Waals surface area (Å²) in [5.41, 5.74) is 0. The lowest BCUT2D eigenvalue weighted by atomic mass is 9.99. The van der Waals surface area contributed by atoms with Crippen molar-refractivity contribution < 1.29 is 39.8 Å². The zero-order valence-electron chi connectivity index (χ0n) is 40.0. The Balaban J connectivity index is 2.29. The molecule has 364 valence electrons. The van der Waals surface area contributed by atoms with E-state index < -0.39 is 49.5 Å². The van der Waals surface area contributed by atoms with Crippen LogP contribution in [-0.2, 0) is 14.3 Å². The number of rotatable bonds is 40. The number of ether oxygens (including phenoxy) is 2. The Hall–Kier alpha value is -3.15. The van der Waals surface area contributed by atoms with Gasteiger partial charge >= 0.3 is 0 Å². The molecule has 0 spiro atoms. The number of hydrogen-bond acceptors (Lipinski definition) is 8. The van der Waals surface area contributed by atoms with Crippen molar-refractivity contribution in [3.8, 4) is 0 Å².